The largest absolute Gasteiger partial charge is 0.314 e. The first-order valence-corrected chi connectivity index (χ1v) is 5.22. The van der Waals surface area contributed by atoms with E-state index in [1.807, 2.05) is 18.9 Å². The van der Waals surface area contributed by atoms with Crippen molar-refractivity contribution in [2.24, 2.45) is 0 Å². The Balaban J connectivity index is 3.87. The maximum atomic E-state index is 8.84. The third-order valence-electron chi connectivity index (χ3n) is 2.85. The van der Waals surface area contributed by atoms with Crippen LogP contribution in [0.3, 0.4) is 0 Å². The van der Waals surface area contributed by atoms with E-state index in [9.17, 15) is 0 Å². The summed E-state index contributed by atoms with van der Waals surface area (Å²) < 4.78 is 0.719. The highest BCUT2D eigenvalue weighted by Crippen LogP contribution is 2.06. The molecule has 0 aromatic heterocycles. The van der Waals surface area contributed by atoms with Crippen LogP contribution in [0.5, 0.6) is 0 Å². The van der Waals surface area contributed by atoms with Gasteiger partial charge in [0.25, 0.3) is 0 Å². The van der Waals surface area contributed by atoms with Crippen molar-refractivity contribution >= 4 is 0 Å². The minimum Gasteiger partial charge on any atom is -0.314 e. The summed E-state index contributed by atoms with van der Waals surface area (Å²) in [6, 6.07) is 4.41. The first-order valence-electron chi connectivity index (χ1n) is 5.22. The van der Waals surface area contributed by atoms with Crippen molar-refractivity contribution in [1.29, 1.82) is 10.5 Å². The number of hydrogen-bond donors (Lipinski definition) is 0. The van der Waals surface area contributed by atoms with Crippen LogP contribution in [-0.4, -0.2) is 56.2 Å². The lowest BCUT2D eigenvalue weighted by atomic mass is 10.2. The van der Waals surface area contributed by atoms with Gasteiger partial charge in [0, 0.05) is 19.9 Å². The van der Waals surface area contributed by atoms with Crippen LogP contribution >= 0.6 is 0 Å². The molecular weight excluding hydrogens is 188 g/mol. The van der Waals surface area contributed by atoms with Gasteiger partial charge in [0.05, 0.1) is 33.3 Å². The Kier molecular flexibility index (Phi) is 5.93. The summed E-state index contributed by atoms with van der Waals surface area (Å²) in [5.74, 6) is 0. The zero-order valence-electron chi connectivity index (χ0n) is 10.2. The molecule has 0 amide bonds. The number of nitrogens with zero attached hydrogens (tertiary/aromatic N) is 4. The highest BCUT2D eigenvalue weighted by Gasteiger charge is 2.22. The maximum absolute atomic E-state index is 8.84. The Morgan fingerprint density at radius 1 is 1.33 bits per heavy atom. The molecule has 15 heavy (non-hydrogen) atoms. The maximum Gasteiger partial charge on any atom is 0.173 e. The molecule has 0 N–H and O–H groups in total. The zero-order chi connectivity index (χ0) is 11.9. The summed E-state index contributed by atoms with van der Waals surface area (Å²) in [7, 11) is 6.08. The second kappa shape index (κ2) is 6.40. The van der Waals surface area contributed by atoms with Gasteiger partial charge < -0.3 is 4.48 Å². The number of nitriles is 2. The van der Waals surface area contributed by atoms with Gasteiger partial charge >= 0.3 is 0 Å². The molecule has 1 unspecified atom stereocenters. The quantitative estimate of drug-likeness (QED) is 0.481. The Morgan fingerprint density at radius 3 is 2.40 bits per heavy atom. The molecule has 0 aromatic rings. The fraction of sp³-hybridized carbons (Fsp3) is 0.818. The van der Waals surface area contributed by atoms with E-state index in [1.54, 1.807) is 0 Å². The summed E-state index contributed by atoms with van der Waals surface area (Å²) in [5, 5.41) is 17.3. The van der Waals surface area contributed by atoms with Crippen LogP contribution in [0.25, 0.3) is 0 Å². The highest BCUT2D eigenvalue weighted by atomic mass is 15.3. The van der Waals surface area contributed by atoms with Gasteiger partial charge in [0.2, 0.25) is 0 Å². The van der Waals surface area contributed by atoms with Crippen molar-refractivity contribution in [3.8, 4) is 12.1 Å². The molecule has 0 bridgehead atoms. The van der Waals surface area contributed by atoms with Gasteiger partial charge in [-0.2, -0.15) is 10.5 Å². The zero-order valence-corrected chi connectivity index (χ0v) is 10.2. The summed E-state index contributed by atoms with van der Waals surface area (Å²) in [4.78, 5) is 2.00. The van der Waals surface area contributed by atoms with Crippen LogP contribution in [0, 0.1) is 22.7 Å². The standard InChI is InChI=1S/C11H21N4/c1-11(10-13)15(3,4)9-5-7-14(2)8-6-12/h11H,5,7-9H2,1-4H3/q+1. The minimum absolute atomic E-state index is 0.0197. The van der Waals surface area contributed by atoms with Gasteiger partial charge in [0.15, 0.2) is 6.04 Å². The molecular formula is C11H21N4+. The van der Waals surface area contributed by atoms with Crippen LogP contribution in [-0.2, 0) is 0 Å². The van der Waals surface area contributed by atoms with Crippen molar-refractivity contribution < 1.29 is 4.48 Å². The lowest BCUT2D eigenvalue weighted by Crippen LogP contribution is -2.47. The molecule has 4 nitrogen and oxygen atoms in total. The Bertz CT molecular complexity index is 259. The van der Waals surface area contributed by atoms with Gasteiger partial charge in [-0.25, -0.2) is 0 Å². The lowest BCUT2D eigenvalue weighted by molar-refractivity contribution is -0.905. The van der Waals surface area contributed by atoms with Crippen molar-refractivity contribution in [2.45, 2.75) is 19.4 Å². The molecule has 0 rings (SSSR count). The van der Waals surface area contributed by atoms with E-state index in [-0.39, 0.29) is 6.04 Å². The van der Waals surface area contributed by atoms with Crippen molar-refractivity contribution in [2.75, 3.05) is 40.8 Å². The van der Waals surface area contributed by atoms with E-state index in [0.717, 1.165) is 24.0 Å². The Labute approximate surface area is 92.9 Å². The fourth-order valence-corrected chi connectivity index (χ4v) is 1.30. The van der Waals surface area contributed by atoms with Crippen LogP contribution in [0.2, 0.25) is 0 Å². The van der Waals surface area contributed by atoms with E-state index < -0.39 is 0 Å². The second-order valence-corrected chi connectivity index (χ2v) is 4.56. The molecule has 0 aliphatic rings. The molecule has 0 radical (unpaired) electrons. The monoisotopic (exact) mass is 209 g/mol. The second-order valence-electron chi connectivity index (χ2n) is 4.56. The molecule has 0 saturated heterocycles. The molecule has 0 spiro atoms. The van der Waals surface area contributed by atoms with Crippen LogP contribution in [0.1, 0.15) is 13.3 Å². The predicted octanol–water partition coefficient (Wildman–Crippen LogP) is 0.820. The van der Waals surface area contributed by atoms with E-state index in [2.05, 4.69) is 26.2 Å². The van der Waals surface area contributed by atoms with Gasteiger partial charge in [-0.05, 0) is 7.05 Å². The van der Waals surface area contributed by atoms with Gasteiger partial charge in [-0.1, -0.05) is 0 Å². The van der Waals surface area contributed by atoms with E-state index in [0.29, 0.717) is 6.54 Å². The summed E-state index contributed by atoms with van der Waals surface area (Å²) in [5.41, 5.74) is 0. The van der Waals surface area contributed by atoms with Crippen LogP contribution in [0.4, 0.5) is 0 Å². The van der Waals surface area contributed by atoms with E-state index >= 15 is 0 Å². The summed E-state index contributed by atoms with van der Waals surface area (Å²) >= 11 is 0. The van der Waals surface area contributed by atoms with Gasteiger partial charge in [0.1, 0.15) is 6.07 Å². The molecule has 0 aliphatic heterocycles. The molecule has 0 aromatic carbocycles. The Morgan fingerprint density at radius 2 is 1.93 bits per heavy atom. The first kappa shape index (κ1) is 13.9. The molecule has 0 aliphatic carbocycles. The Hall–Kier alpha value is -1.10. The molecule has 0 heterocycles. The van der Waals surface area contributed by atoms with Crippen molar-refractivity contribution in [3.63, 3.8) is 0 Å². The minimum atomic E-state index is 0.0197. The van der Waals surface area contributed by atoms with Gasteiger partial charge in [-0.3, -0.25) is 4.90 Å². The molecule has 0 fully saturated rings. The molecule has 1 atom stereocenters. The van der Waals surface area contributed by atoms with Crippen LogP contribution < -0.4 is 0 Å². The third-order valence-corrected chi connectivity index (χ3v) is 2.85. The molecule has 4 heteroatoms. The van der Waals surface area contributed by atoms with Gasteiger partial charge in [-0.15, -0.1) is 0 Å². The lowest BCUT2D eigenvalue weighted by Gasteiger charge is -2.32. The van der Waals surface area contributed by atoms with Crippen molar-refractivity contribution in [1.82, 2.24) is 4.90 Å². The third kappa shape index (κ3) is 5.37. The summed E-state index contributed by atoms with van der Waals surface area (Å²) in [6.07, 6.45) is 1.01. The predicted molar refractivity (Wildman–Crippen MR) is 59.8 cm³/mol. The summed E-state index contributed by atoms with van der Waals surface area (Å²) in [6.45, 7) is 4.29. The number of rotatable bonds is 6. The average molecular weight is 209 g/mol. The topological polar surface area (TPSA) is 50.8 Å². The molecule has 84 valence electrons. The number of quaternary nitrogens is 1. The SMILES string of the molecule is CC(C#N)[N+](C)(C)CCCN(C)CC#N. The van der Waals surface area contributed by atoms with Crippen LogP contribution in [0.15, 0.2) is 0 Å². The van der Waals surface area contributed by atoms with E-state index in [4.69, 9.17) is 10.5 Å². The average Bonchev–Trinajstić information content (AvgIpc) is 2.16. The first-order chi connectivity index (χ1) is 6.94. The molecule has 0 saturated carbocycles. The fourth-order valence-electron chi connectivity index (χ4n) is 1.30. The van der Waals surface area contributed by atoms with Crippen molar-refractivity contribution in [3.05, 3.63) is 0 Å². The smallest absolute Gasteiger partial charge is 0.173 e. The highest BCUT2D eigenvalue weighted by molar-refractivity contribution is 4.79. The number of hydrogen-bond acceptors (Lipinski definition) is 3. The van der Waals surface area contributed by atoms with E-state index in [1.165, 1.54) is 0 Å². The normalized spacial score (nSPS) is 13.3.